The van der Waals surface area contributed by atoms with Gasteiger partial charge in [0.25, 0.3) is 0 Å². The van der Waals surface area contributed by atoms with Gasteiger partial charge in [-0.25, -0.2) is 4.68 Å². The molecule has 0 fully saturated rings. The van der Waals surface area contributed by atoms with Crippen LogP contribution in [0.3, 0.4) is 0 Å². The molecule has 0 N–H and O–H groups in total. The number of carboxylic acid groups (broad SMARTS) is 1. The fourth-order valence-electron chi connectivity index (χ4n) is 1.46. The molecule has 0 bridgehead atoms. The molecule has 0 aliphatic carbocycles. The van der Waals surface area contributed by atoms with Crippen LogP contribution in [0, 0.1) is 11.3 Å². The molecule has 2 aromatic rings. The molecule has 8 heteroatoms. The van der Waals surface area contributed by atoms with E-state index in [0.29, 0.717) is 10.7 Å². The van der Waals surface area contributed by atoms with Gasteiger partial charge in [-0.15, -0.1) is 0 Å². The van der Waals surface area contributed by atoms with E-state index in [1.54, 1.807) is 6.07 Å². The second kappa shape index (κ2) is 6.86. The van der Waals surface area contributed by atoms with Crippen LogP contribution in [0.5, 0.6) is 0 Å². The summed E-state index contributed by atoms with van der Waals surface area (Å²) < 4.78 is 1.03. The van der Waals surface area contributed by atoms with Gasteiger partial charge >= 0.3 is 51.4 Å². The van der Waals surface area contributed by atoms with E-state index in [9.17, 15) is 9.90 Å². The van der Waals surface area contributed by atoms with E-state index < -0.39 is 5.97 Å². The van der Waals surface area contributed by atoms with Crippen molar-refractivity contribution >= 4 is 29.2 Å². The van der Waals surface area contributed by atoms with Crippen molar-refractivity contribution in [1.29, 1.82) is 5.26 Å². The molecule has 0 aliphatic rings. The van der Waals surface area contributed by atoms with Gasteiger partial charge in [0.15, 0.2) is 0 Å². The first kappa shape index (κ1) is 16.7. The monoisotopic (exact) mass is 319 g/mol. The maximum absolute atomic E-state index is 11.0. The van der Waals surface area contributed by atoms with Gasteiger partial charge in [-0.05, 0) is 18.2 Å². The summed E-state index contributed by atoms with van der Waals surface area (Å²) in [6.07, 6.45) is 1.13. The van der Waals surface area contributed by atoms with Gasteiger partial charge in [0.2, 0.25) is 0 Å². The molecule has 0 saturated heterocycles. The third-order valence-corrected chi connectivity index (χ3v) is 2.76. The Bertz CT molecular complexity index is 679. The number of aromatic carboxylic acids is 1. The summed E-state index contributed by atoms with van der Waals surface area (Å²) in [5, 5.41) is 24.3. The number of aromatic nitrogens is 2. The zero-order valence-electron chi connectivity index (χ0n) is 9.72. The first-order valence-corrected chi connectivity index (χ1v) is 5.45. The molecule has 1 aromatic heterocycles. The molecule has 0 atom stereocenters. The van der Waals surface area contributed by atoms with Gasteiger partial charge in [-0.3, -0.25) is 0 Å². The Hall–Kier alpha value is -0.394. The minimum absolute atomic E-state index is 0. The average molecular weight is 320 g/mol. The van der Waals surface area contributed by atoms with Crippen LogP contribution in [0.1, 0.15) is 16.1 Å². The quantitative estimate of drug-likeness (QED) is 0.625. The van der Waals surface area contributed by atoms with E-state index >= 15 is 0 Å². The standard InChI is InChI=1S/C11H5Cl2N3O2.K/c12-7-1-2-9(8(13)3-7)16-10(11(17)18)6(4-14)5-15-16;/h1-3,5H,(H,17,18);/q;+1/p-1. The zero-order valence-corrected chi connectivity index (χ0v) is 14.4. The summed E-state index contributed by atoms with van der Waals surface area (Å²) in [5.41, 5.74) is -0.135. The predicted octanol–water partition coefficient (Wildman–Crippen LogP) is -1.58. The molecule has 0 aliphatic heterocycles. The molecular weight excluding hydrogens is 316 g/mol. The van der Waals surface area contributed by atoms with Crippen LogP contribution in [-0.4, -0.2) is 15.7 Å². The molecule has 0 saturated carbocycles. The Balaban J connectivity index is 0.00000180. The molecule has 0 radical (unpaired) electrons. The smallest absolute Gasteiger partial charge is 0.543 e. The van der Waals surface area contributed by atoms with E-state index in [-0.39, 0.29) is 67.7 Å². The molecule has 2 rings (SSSR count). The fourth-order valence-corrected chi connectivity index (χ4v) is 1.95. The van der Waals surface area contributed by atoms with Gasteiger partial charge in [-0.2, -0.15) is 10.4 Å². The summed E-state index contributed by atoms with van der Waals surface area (Å²) in [5.74, 6) is -1.50. The Morgan fingerprint density at radius 1 is 1.42 bits per heavy atom. The number of rotatable bonds is 2. The van der Waals surface area contributed by atoms with Gasteiger partial charge in [-0.1, -0.05) is 23.2 Å². The largest absolute Gasteiger partial charge is 1.00 e. The Labute approximate surface area is 161 Å². The van der Waals surface area contributed by atoms with Crippen molar-refractivity contribution in [3.63, 3.8) is 0 Å². The second-order valence-electron chi connectivity index (χ2n) is 3.31. The molecular formula is C11H4Cl2KN3O2. The van der Waals surface area contributed by atoms with Gasteiger partial charge in [0, 0.05) is 5.02 Å². The summed E-state index contributed by atoms with van der Waals surface area (Å²) in [4.78, 5) is 11.0. The van der Waals surface area contributed by atoms with Crippen molar-refractivity contribution in [1.82, 2.24) is 9.78 Å². The van der Waals surface area contributed by atoms with E-state index in [2.05, 4.69) is 5.10 Å². The number of benzene rings is 1. The van der Waals surface area contributed by atoms with Gasteiger partial charge < -0.3 is 9.90 Å². The maximum Gasteiger partial charge on any atom is 1.00 e. The van der Waals surface area contributed by atoms with Gasteiger partial charge in [0.1, 0.15) is 11.8 Å². The van der Waals surface area contributed by atoms with E-state index in [0.717, 1.165) is 10.9 Å². The van der Waals surface area contributed by atoms with Crippen LogP contribution in [0.2, 0.25) is 10.0 Å². The summed E-state index contributed by atoms with van der Waals surface area (Å²) in [6, 6.07) is 6.22. The number of nitrogens with zero attached hydrogens (tertiary/aromatic N) is 3. The molecule has 0 spiro atoms. The first-order chi connectivity index (χ1) is 8.54. The molecule has 90 valence electrons. The first-order valence-electron chi connectivity index (χ1n) is 4.69. The van der Waals surface area contributed by atoms with Crippen molar-refractivity contribution < 1.29 is 61.3 Å². The third-order valence-electron chi connectivity index (χ3n) is 2.22. The van der Waals surface area contributed by atoms with Crippen molar-refractivity contribution in [2.75, 3.05) is 0 Å². The van der Waals surface area contributed by atoms with E-state index in [1.165, 1.54) is 18.2 Å². The average Bonchev–Trinajstić information content (AvgIpc) is 2.72. The number of halogens is 2. The summed E-state index contributed by atoms with van der Waals surface area (Å²) in [7, 11) is 0. The molecule has 1 aromatic carbocycles. The number of carboxylic acids is 1. The molecule has 1 heterocycles. The number of hydrogen-bond acceptors (Lipinski definition) is 4. The normalized spacial score (nSPS) is 9.53. The Morgan fingerprint density at radius 3 is 2.63 bits per heavy atom. The zero-order chi connectivity index (χ0) is 13.3. The minimum Gasteiger partial charge on any atom is -0.543 e. The second-order valence-corrected chi connectivity index (χ2v) is 4.16. The fraction of sp³-hybridized carbons (Fsp3) is 0. The summed E-state index contributed by atoms with van der Waals surface area (Å²) in [6.45, 7) is 0. The number of hydrogen-bond donors (Lipinski definition) is 0. The van der Waals surface area contributed by atoms with Crippen LogP contribution in [-0.2, 0) is 0 Å². The molecule has 19 heavy (non-hydrogen) atoms. The Morgan fingerprint density at radius 2 is 2.11 bits per heavy atom. The van der Waals surface area contributed by atoms with Crippen LogP contribution < -0.4 is 56.5 Å². The van der Waals surface area contributed by atoms with Crippen LogP contribution in [0.25, 0.3) is 5.69 Å². The molecule has 0 amide bonds. The summed E-state index contributed by atoms with van der Waals surface area (Å²) >= 11 is 11.7. The number of nitriles is 1. The van der Waals surface area contributed by atoms with E-state index in [1.807, 2.05) is 0 Å². The van der Waals surface area contributed by atoms with Crippen LogP contribution in [0.15, 0.2) is 24.4 Å². The van der Waals surface area contributed by atoms with E-state index in [4.69, 9.17) is 28.5 Å². The van der Waals surface area contributed by atoms with Crippen molar-refractivity contribution in [2.24, 2.45) is 0 Å². The van der Waals surface area contributed by atoms with Crippen LogP contribution >= 0.6 is 23.2 Å². The minimum atomic E-state index is -1.50. The topological polar surface area (TPSA) is 81.7 Å². The van der Waals surface area contributed by atoms with Crippen LogP contribution in [0.4, 0.5) is 0 Å². The molecule has 0 unspecified atom stereocenters. The van der Waals surface area contributed by atoms with Crippen molar-refractivity contribution in [3.8, 4) is 11.8 Å². The SMILES string of the molecule is N#Cc1cnn(-c2ccc(Cl)cc2Cl)c1C(=O)[O-].[K+]. The predicted molar refractivity (Wildman–Crippen MR) is 62.6 cm³/mol. The number of carbonyl (C=O) groups excluding carboxylic acids is 1. The van der Waals surface area contributed by atoms with Gasteiger partial charge in [0.05, 0.1) is 28.4 Å². The number of carbonyl (C=O) groups is 1. The third kappa shape index (κ3) is 3.38. The van der Waals surface area contributed by atoms with Crippen molar-refractivity contribution in [3.05, 3.63) is 45.7 Å². The maximum atomic E-state index is 11.0. The Kier molecular flexibility index (Phi) is 6.01. The molecule has 5 nitrogen and oxygen atoms in total. The van der Waals surface area contributed by atoms with Crippen molar-refractivity contribution in [2.45, 2.75) is 0 Å².